The van der Waals surface area contributed by atoms with Crippen LogP contribution < -0.4 is 5.32 Å². The molecule has 0 amide bonds. The Kier molecular flexibility index (Phi) is 5.97. The SMILES string of the molecule is CNC1COCC1CN(C)C(C)CSC. The molecule has 4 heteroatoms. The topological polar surface area (TPSA) is 24.5 Å². The van der Waals surface area contributed by atoms with Crippen LogP contribution in [0.4, 0.5) is 0 Å². The molecule has 0 aliphatic carbocycles. The van der Waals surface area contributed by atoms with Gasteiger partial charge in [-0.2, -0.15) is 11.8 Å². The third-order valence-corrected chi connectivity index (χ3v) is 4.07. The summed E-state index contributed by atoms with van der Waals surface area (Å²) in [5, 5.41) is 3.33. The molecule has 0 spiro atoms. The average molecular weight is 232 g/mol. The first-order valence-corrected chi connectivity index (χ1v) is 7.02. The van der Waals surface area contributed by atoms with Crippen LogP contribution in [0.2, 0.25) is 0 Å². The van der Waals surface area contributed by atoms with Gasteiger partial charge in [-0.25, -0.2) is 0 Å². The zero-order valence-electron chi connectivity index (χ0n) is 10.3. The van der Waals surface area contributed by atoms with Gasteiger partial charge in [-0.1, -0.05) is 0 Å². The number of rotatable bonds is 6. The van der Waals surface area contributed by atoms with E-state index in [1.54, 1.807) is 0 Å². The summed E-state index contributed by atoms with van der Waals surface area (Å²) in [6.07, 6.45) is 2.17. The Hall–Kier alpha value is 0.230. The maximum atomic E-state index is 5.51. The summed E-state index contributed by atoms with van der Waals surface area (Å²) >= 11 is 1.91. The maximum Gasteiger partial charge on any atom is 0.0623 e. The lowest BCUT2D eigenvalue weighted by Crippen LogP contribution is -2.42. The fourth-order valence-corrected chi connectivity index (χ4v) is 2.75. The quantitative estimate of drug-likeness (QED) is 0.735. The lowest BCUT2D eigenvalue weighted by Gasteiger charge is -2.28. The molecule has 3 atom stereocenters. The van der Waals surface area contributed by atoms with Gasteiger partial charge in [0.2, 0.25) is 0 Å². The summed E-state index contributed by atoms with van der Waals surface area (Å²) in [5.74, 6) is 1.85. The molecule has 0 aromatic carbocycles. The average Bonchev–Trinajstić information content (AvgIpc) is 2.65. The predicted molar refractivity (Wildman–Crippen MR) is 67.6 cm³/mol. The van der Waals surface area contributed by atoms with Crippen molar-refractivity contribution in [2.45, 2.75) is 19.0 Å². The van der Waals surface area contributed by atoms with Crippen LogP contribution in [0.15, 0.2) is 0 Å². The number of likely N-dealkylation sites (N-methyl/N-ethyl adjacent to an activating group) is 1. The van der Waals surface area contributed by atoms with Crippen LogP contribution in [0.25, 0.3) is 0 Å². The third-order valence-electron chi connectivity index (χ3n) is 3.25. The van der Waals surface area contributed by atoms with Crippen LogP contribution in [-0.2, 0) is 4.74 Å². The van der Waals surface area contributed by atoms with Crippen molar-refractivity contribution in [3.8, 4) is 0 Å². The third kappa shape index (κ3) is 3.94. The zero-order chi connectivity index (χ0) is 11.3. The minimum atomic E-state index is 0.536. The van der Waals surface area contributed by atoms with Crippen molar-refractivity contribution in [3.05, 3.63) is 0 Å². The molecule has 0 saturated carbocycles. The maximum absolute atomic E-state index is 5.51. The van der Waals surface area contributed by atoms with Crippen molar-refractivity contribution in [3.63, 3.8) is 0 Å². The van der Waals surface area contributed by atoms with Crippen LogP contribution in [0.1, 0.15) is 6.92 Å². The van der Waals surface area contributed by atoms with Crippen LogP contribution in [0.5, 0.6) is 0 Å². The number of hydrogen-bond acceptors (Lipinski definition) is 4. The molecule has 1 heterocycles. The van der Waals surface area contributed by atoms with Gasteiger partial charge in [-0.05, 0) is 27.3 Å². The highest BCUT2D eigenvalue weighted by molar-refractivity contribution is 7.98. The number of nitrogens with one attached hydrogen (secondary N) is 1. The van der Waals surface area contributed by atoms with Crippen molar-refractivity contribution in [1.82, 2.24) is 10.2 Å². The van der Waals surface area contributed by atoms with Crippen LogP contribution >= 0.6 is 11.8 Å². The highest BCUT2D eigenvalue weighted by atomic mass is 32.2. The Morgan fingerprint density at radius 1 is 1.53 bits per heavy atom. The van der Waals surface area contributed by atoms with E-state index in [4.69, 9.17) is 4.74 Å². The highest BCUT2D eigenvalue weighted by Crippen LogP contribution is 2.16. The minimum absolute atomic E-state index is 0.536. The van der Waals surface area contributed by atoms with Gasteiger partial charge in [0, 0.05) is 30.3 Å². The second kappa shape index (κ2) is 6.74. The molecule has 1 aliphatic rings. The minimum Gasteiger partial charge on any atom is -0.379 e. The van der Waals surface area contributed by atoms with Gasteiger partial charge in [0.05, 0.1) is 13.2 Å². The van der Waals surface area contributed by atoms with Gasteiger partial charge < -0.3 is 15.0 Å². The Balaban J connectivity index is 2.33. The molecule has 90 valence electrons. The van der Waals surface area contributed by atoms with Crippen LogP contribution in [0.3, 0.4) is 0 Å². The van der Waals surface area contributed by atoms with E-state index < -0.39 is 0 Å². The summed E-state index contributed by atoms with van der Waals surface area (Å²) in [4.78, 5) is 2.44. The number of hydrogen-bond donors (Lipinski definition) is 1. The van der Waals surface area contributed by atoms with Crippen molar-refractivity contribution in [2.24, 2.45) is 5.92 Å². The molecule has 0 bridgehead atoms. The van der Waals surface area contributed by atoms with Crippen LogP contribution in [0, 0.1) is 5.92 Å². The first-order chi connectivity index (χ1) is 7.19. The normalized spacial score (nSPS) is 28.6. The van der Waals surface area contributed by atoms with E-state index in [1.807, 2.05) is 18.8 Å². The predicted octanol–water partition coefficient (Wildman–Crippen LogP) is 0.904. The van der Waals surface area contributed by atoms with Gasteiger partial charge in [0.1, 0.15) is 0 Å². The molecule has 15 heavy (non-hydrogen) atoms. The smallest absolute Gasteiger partial charge is 0.0623 e. The monoisotopic (exact) mass is 232 g/mol. The van der Waals surface area contributed by atoms with Gasteiger partial charge in [-0.15, -0.1) is 0 Å². The zero-order valence-corrected chi connectivity index (χ0v) is 11.1. The Bertz CT molecular complexity index is 180. The molecule has 3 nitrogen and oxygen atoms in total. The highest BCUT2D eigenvalue weighted by Gasteiger charge is 2.28. The van der Waals surface area contributed by atoms with E-state index in [0.29, 0.717) is 18.0 Å². The molecule has 1 fully saturated rings. The van der Waals surface area contributed by atoms with Crippen molar-refractivity contribution in [2.75, 3.05) is 45.9 Å². The summed E-state index contributed by atoms with van der Waals surface area (Å²) in [7, 11) is 4.24. The van der Waals surface area contributed by atoms with Gasteiger partial charge in [0.25, 0.3) is 0 Å². The fourth-order valence-electron chi connectivity index (χ4n) is 2.02. The summed E-state index contributed by atoms with van der Waals surface area (Å²) in [5.41, 5.74) is 0. The molecular weight excluding hydrogens is 208 g/mol. The van der Waals surface area contributed by atoms with Crippen molar-refractivity contribution < 1.29 is 4.74 Å². The molecule has 1 aliphatic heterocycles. The molecule has 1 rings (SSSR count). The van der Waals surface area contributed by atoms with E-state index in [2.05, 4.69) is 30.4 Å². The molecule has 0 aromatic rings. The molecule has 3 unspecified atom stereocenters. The fraction of sp³-hybridized carbons (Fsp3) is 1.00. The van der Waals surface area contributed by atoms with Gasteiger partial charge in [-0.3, -0.25) is 0 Å². The summed E-state index contributed by atoms with van der Waals surface area (Å²) in [6, 6.07) is 1.19. The molecule has 1 saturated heterocycles. The molecular formula is C11H24N2OS. The summed E-state index contributed by atoms with van der Waals surface area (Å²) < 4.78 is 5.51. The second-order valence-corrected chi connectivity index (χ2v) is 5.35. The molecule has 0 radical (unpaired) electrons. The Morgan fingerprint density at radius 3 is 2.87 bits per heavy atom. The summed E-state index contributed by atoms with van der Waals surface area (Å²) in [6.45, 7) is 5.20. The number of thioether (sulfide) groups is 1. The van der Waals surface area contributed by atoms with E-state index in [9.17, 15) is 0 Å². The Morgan fingerprint density at radius 2 is 2.27 bits per heavy atom. The van der Waals surface area contributed by atoms with Gasteiger partial charge in [0.15, 0.2) is 0 Å². The molecule has 1 N–H and O–H groups in total. The van der Waals surface area contributed by atoms with Gasteiger partial charge >= 0.3 is 0 Å². The van der Waals surface area contributed by atoms with Crippen molar-refractivity contribution in [1.29, 1.82) is 0 Å². The second-order valence-electron chi connectivity index (χ2n) is 4.44. The largest absolute Gasteiger partial charge is 0.379 e. The van der Waals surface area contributed by atoms with Crippen molar-refractivity contribution >= 4 is 11.8 Å². The lowest BCUT2D eigenvalue weighted by molar-refractivity contribution is 0.167. The van der Waals surface area contributed by atoms with Crippen LogP contribution in [-0.4, -0.2) is 62.8 Å². The first kappa shape index (κ1) is 13.3. The van der Waals surface area contributed by atoms with E-state index in [-0.39, 0.29) is 0 Å². The van der Waals surface area contributed by atoms with E-state index in [0.717, 1.165) is 19.8 Å². The first-order valence-electron chi connectivity index (χ1n) is 5.63. The standard InChI is InChI=1S/C11H24N2OS/c1-9(8-15-4)13(3)5-10-6-14-7-11(10)12-2/h9-12H,5-8H2,1-4H3. The number of nitrogens with zero attached hydrogens (tertiary/aromatic N) is 1. The van der Waals surface area contributed by atoms with E-state index >= 15 is 0 Å². The lowest BCUT2D eigenvalue weighted by atomic mass is 10.0. The Labute approximate surface area is 97.9 Å². The number of ether oxygens (including phenoxy) is 1. The van der Waals surface area contributed by atoms with E-state index in [1.165, 1.54) is 5.75 Å². The molecule has 0 aromatic heterocycles.